The summed E-state index contributed by atoms with van der Waals surface area (Å²) in [5.74, 6) is 0.0186. The van der Waals surface area contributed by atoms with Crippen LogP contribution in [-0.4, -0.2) is 16.7 Å². The van der Waals surface area contributed by atoms with Crippen molar-refractivity contribution in [3.8, 4) is 16.9 Å². The zero-order valence-corrected chi connectivity index (χ0v) is 18.4. The van der Waals surface area contributed by atoms with Crippen molar-refractivity contribution in [2.75, 3.05) is 0 Å². The van der Waals surface area contributed by atoms with Crippen LogP contribution in [0, 0.1) is 0 Å². The fraction of sp³-hybridized carbons (Fsp3) is 0.321. The Hall–Kier alpha value is -3.07. The number of fused-ring (bicyclic) bond motifs is 1. The van der Waals surface area contributed by atoms with E-state index in [1.807, 2.05) is 12.1 Å². The van der Waals surface area contributed by atoms with Gasteiger partial charge in [0.05, 0.1) is 5.56 Å². The zero-order chi connectivity index (χ0) is 21.8. The summed E-state index contributed by atoms with van der Waals surface area (Å²) in [5, 5.41) is 9.18. The third-order valence-corrected chi connectivity index (χ3v) is 6.23. The molecule has 0 amide bonds. The quantitative estimate of drug-likeness (QED) is 0.467. The molecule has 0 aliphatic carbocycles. The highest BCUT2D eigenvalue weighted by molar-refractivity contribution is 5.88. The van der Waals surface area contributed by atoms with Crippen LogP contribution in [0.25, 0.3) is 11.1 Å². The first-order valence-electron chi connectivity index (χ1n) is 11.2. The van der Waals surface area contributed by atoms with E-state index in [4.69, 9.17) is 4.74 Å². The SMILES string of the molecule is CCCCc1ccc(C[C@]2(C)CCc3cccc(-c4ccc(C(=O)O)cc4)c3O2)cc1. The molecule has 1 aliphatic heterocycles. The minimum atomic E-state index is -0.911. The van der Waals surface area contributed by atoms with Gasteiger partial charge in [0.25, 0.3) is 0 Å². The van der Waals surface area contributed by atoms with E-state index in [0.717, 1.165) is 42.6 Å². The molecule has 1 heterocycles. The van der Waals surface area contributed by atoms with E-state index in [0.29, 0.717) is 5.56 Å². The lowest BCUT2D eigenvalue weighted by atomic mass is 9.85. The van der Waals surface area contributed by atoms with Crippen molar-refractivity contribution in [3.05, 3.63) is 89.0 Å². The summed E-state index contributed by atoms with van der Waals surface area (Å²) < 4.78 is 6.67. The smallest absolute Gasteiger partial charge is 0.335 e. The predicted molar refractivity (Wildman–Crippen MR) is 125 cm³/mol. The van der Waals surface area contributed by atoms with E-state index < -0.39 is 5.97 Å². The molecule has 0 fully saturated rings. The first kappa shape index (κ1) is 21.2. The summed E-state index contributed by atoms with van der Waals surface area (Å²) in [6.45, 7) is 4.42. The number of unbranched alkanes of at least 4 members (excludes halogenated alkanes) is 1. The highest BCUT2D eigenvalue weighted by Gasteiger charge is 2.33. The number of rotatable bonds is 7. The van der Waals surface area contributed by atoms with Gasteiger partial charge in [-0.25, -0.2) is 4.79 Å². The van der Waals surface area contributed by atoms with Crippen LogP contribution >= 0.6 is 0 Å². The molecule has 0 unspecified atom stereocenters. The van der Waals surface area contributed by atoms with Crippen molar-refractivity contribution in [1.82, 2.24) is 0 Å². The summed E-state index contributed by atoms with van der Waals surface area (Å²) in [4.78, 5) is 11.2. The molecule has 31 heavy (non-hydrogen) atoms. The van der Waals surface area contributed by atoms with Gasteiger partial charge >= 0.3 is 5.97 Å². The monoisotopic (exact) mass is 414 g/mol. The minimum Gasteiger partial charge on any atom is -0.486 e. The molecule has 0 saturated heterocycles. The number of aryl methyl sites for hydroxylation is 2. The molecule has 0 saturated carbocycles. The number of carboxylic acids is 1. The van der Waals surface area contributed by atoms with E-state index >= 15 is 0 Å². The topological polar surface area (TPSA) is 46.5 Å². The van der Waals surface area contributed by atoms with Gasteiger partial charge in [-0.1, -0.05) is 67.9 Å². The Morgan fingerprint density at radius 2 is 1.71 bits per heavy atom. The average molecular weight is 415 g/mol. The van der Waals surface area contributed by atoms with Gasteiger partial charge in [-0.3, -0.25) is 0 Å². The lowest BCUT2D eigenvalue weighted by molar-refractivity contribution is 0.0661. The maximum absolute atomic E-state index is 11.2. The van der Waals surface area contributed by atoms with Crippen LogP contribution in [0.3, 0.4) is 0 Å². The molecule has 1 aliphatic rings. The standard InChI is InChI=1S/C28H30O3/c1-3-4-6-20-9-11-21(12-10-20)19-28(2)18-17-23-7-5-8-25(26(23)31-28)22-13-15-24(16-14-22)27(29)30/h5,7-16H,3-4,6,17-19H2,1-2H3,(H,29,30)/t28-/m0/s1. The Balaban J connectivity index is 1.56. The summed E-state index contributed by atoms with van der Waals surface area (Å²) >= 11 is 0. The summed E-state index contributed by atoms with van der Waals surface area (Å²) in [5.41, 5.74) is 5.94. The predicted octanol–water partition coefficient (Wildman–Crippen LogP) is 6.72. The molecule has 0 aromatic heterocycles. The van der Waals surface area contributed by atoms with Gasteiger partial charge < -0.3 is 9.84 Å². The number of para-hydroxylation sites is 1. The fourth-order valence-electron chi connectivity index (χ4n) is 4.38. The number of hydrogen-bond donors (Lipinski definition) is 1. The van der Waals surface area contributed by atoms with Gasteiger partial charge in [0, 0.05) is 12.0 Å². The van der Waals surface area contributed by atoms with Crippen LogP contribution in [0.4, 0.5) is 0 Å². The van der Waals surface area contributed by atoms with Crippen LogP contribution < -0.4 is 4.74 Å². The molecular weight excluding hydrogens is 384 g/mol. The van der Waals surface area contributed by atoms with Crippen molar-refractivity contribution in [2.24, 2.45) is 0 Å². The van der Waals surface area contributed by atoms with E-state index in [-0.39, 0.29) is 5.60 Å². The molecule has 0 radical (unpaired) electrons. The van der Waals surface area contributed by atoms with Crippen LogP contribution in [0.2, 0.25) is 0 Å². The number of hydrogen-bond acceptors (Lipinski definition) is 2. The van der Waals surface area contributed by atoms with Crippen LogP contribution in [0.5, 0.6) is 5.75 Å². The Bertz CT molecular complexity index is 1050. The number of carbonyl (C=O) groups is 1. The van der Waals surface area contributed by atoms with Gasteiger partial charge in [-0.15, -0.1) is 0 Å². The van der Waals surface area contributed by atoms with Crippen molar-refractivity contribution in [3.63, 3.8) is 0 Å². The second-order valence-electron chi connectivity index (χ2n) is 8.83. The number of benzene rings is 3. The molecule has 0 bridgehead atoms. The maximum Gasteiger partial charge on any atom is 0.335 e. The molecule has 3 nitrogen and oxygen atoms in total. The zero-order valence-electron chi connectivity index (χ0n) is 18.4. The lowest BCUT2D eigenvalue weighted by Crippen LogP contribution is -2.38. The first-order chi connectivity index (χ1) is 15.0. The van der Waals surface area contributed by atoms with Gasteiger partial charge in [-0.05, 0) is 67.0 Å². The molecule has 1 N–H and O–H groups in total. The Kier molecular flexibility index (Phi) is 6.13. The molecule has 3 aromatic rings. The Labute approximate surface area is 184 Å². The molecular formula is C28H30O3. The average Bonchev–Trinajstić information content (AvgIpc) is 2.78. The normalized spacial score (nSPS) is 17.6. The summed E-state index contributed by atoms with van der Waals surface area (Å²) in [6.07, 6.45) is 6.40. The third-order valence-electron chi connectivity index (χ3n) is 6.23. The van der Waals surface area contributed by atoms with E-state index in [1.165, 1.54) is 29.5 Å². The van der Waals surface area contributed by atoms with Crippen LogP contribution in [0.1, 0.15) is 60.2 Å². The molecule has 4 rings (SSSR count). The fourth-order valence-corrected chi connectivity index (χ4v) is 4.38. The van der Waals surface area contributed by atoms with E-state index in [2.05, 4.69) is 56.3 Å². The first-order valence-corrected chi connectivity index (χ1v) is 11.2. The van der Waals surface area contributed by atoms with Crippen molar-refractivity contribution in [2.45, 2.75) is 58.0 Å². The van der Waals surface area contributed by atoms with Gasteiger partial charge in [0.15, 0.2) is 0 Å². The van der Waals surface area contributed by atoms with Gasteiger partial charge in [-0.2, -0.15) is 0 Å². The minimum absolute atomic E-state index is 0.269. The summed E-state index contributed by atoms with van der Waals surface area (Å²) in [7, 11) is 0. The van der Waals surface area contributed by atoms with Gasteiger partial charge in [0.1, 0.15) is 11.4 Å². The number of ether oxygens (including phenoxy) is 1. The Morgan fingerprint density at radius 3 is 2.39 bits per heavy atom. The number of aromatic carboxylic acids is 1. The van der Waals surface area contributed by atoms with Gasteiger partial charge in [0.2, 0.25) is 0 Å². The van der Waals surface area contributed by atoms with E-state index in [1.54, 1.807) is 12.1 Å². The van der Waals surface area contributed by atoms with Crippen LogP contribution in [-0.2, 0) is 19.3 Å². The lowest BCUT2D eigenvalue weighted by Gasteiger charge is -2.37. The molecule has 1 atom stereocenters. The largest absolute Gasteiger partial charge is 0.486 e. The van der Waals surface area contributed by atoms with Crippen molar-refractivity contribution < 1.29 is 14.6 Å². The maximum atomic E-state index is 11.2. The Morgan fingerprint density at radius 1 is 1.00 bits per heavy atom. The second kappa shape index (κ2) is 8.97. The van der Waals surface area contributed by atoms with E-state index in [9.17, 15) is 9.90 Å². The summed E-state index contributed by atoms with van der Waals surface area (Å²) in [6, 6.07) is 22.3. The molecule has 0 spiro atoms. The van der Waals surface area contributed by atoms with Crippen LogP contribution in [0.15, 0.2) is 66.7 Å². The van der Waals surface area contributed by atoms with Crippen molar-refractivity contribution >= 4 is 5.97 Å². The highest BCUT2D eigenvalue weighted by Crippen LogP contribution is 2.41. The number of carboxylic acid groups (broad SMARTS) is 1. The highest BCUT2D eigenvalue weighted by atomic mass is 16.5. The van der Waals surface area contributed by atoms with Crippen molar-refractivity contribution in [1.29, 1.82) is 0 Å². The third kappa shape index (κ3) is 4.82. The molecule has 3 heteroatoms. The molecule has 3 aromatic carbocycles. The second-order valence-corrected chi connectivity index (χ2v) is 8.83. The molecule has 160 valence electrons.